The molecule has 4 nitrogen and oxygen atoms in total. The van der Waals surface area contributed by atoms with Crippen LogP contribution in [0.1, 0.15) is 5.56 Å². The normalized spacial score (nSPS) is 10.1. The first-order valence-corrected chi connectivity index (χ1v) is 5.51. The second-order valence-corrected chi connectivity index (χ2v) is 3.99. The number of nitrogens with zero attached hydrogens (tertiary/aromatic N) is 1. The van der Waals surface area contributed by atoms with E-state index in [1.165, 1.54) is 0 Å². The van der Waals surface area contributed by atoms with Gasteiger partial charge in [0.15, 0.2) is 0 Å². The summed E-state index contributed by atoms with van der Waals surface area (Å²) in [6, 6.07) is 12.7. The van der Waals surface area contributed by atoms with Crippen molar-refractivity contribution in [1.82, 2.24) is 0 Å². The fraction of sp³-hybridized carbons (Fsp3) is 0.143. The van der Waals surface area contributed by atoms with Crippen molar-refractivity contribution in [2.45, 2.75) is 6.92 Å². The van der Waals surface area contributed by atoms with Crippen molar-refractivity contribution < 1.29 is 9.66 Å². The molecule has 0 spiro atoms. The predicted molar refractivity (Wildman–Crippen MR) is 69.8 cm³/mol. The summed E-state index contributed by atoms with van der Waals surface area (Å²) in [6.07, 6.45) is 0. The maximum absolute atomic E-state index is 10.9. The third kappa shape index (κ3) is 2.32. The molecule has 0 bridgehead atoms. The van der Waals surface area contributed by atoms with Crippen molar-refractivity contribution in [1.29, 1.82) is 0 Å². The lowest BCUT2D eigenvalue weighted by molar-refractivity contribution is -0.385. The lowest BCUT2D eigenvalue weighted by atomic mass is 10.0. The molecule has 0 atom stereocenters. The van der Waals surface area contributed by atoms with Crippen LogP contribution >= 0.6 is 0 Å². The molecule has 0 fully saturated rings. The predicted octanol–water partition coefficient (Wildman–Crippen LogP) is 3.58. The van der Waals surface area contributed by atoms with Crippen molar-refractivity contribution in [2.24, 2.45) is 0 Å². The van der Waals surface area contributed by atoms with E-state index in [9.17, 15) is 10.1 Å². The van der Waals surface area contributed by atoms with Gasteiger partial charge < -0.3 is 4.74 Å². The van der Waals surface area contributed by atoms with E-state index in [4.69, 9.17) is 4.74 Å². The number of rotatable bonds is 3. The molecule has 18 heavy (non-hydrogen) atoms. The van der Waals surface area contributed by atoms with Gasteiger partial charge >= 0.3 is 0 Å². The molecule has 0 aliphatic heterocycles. The van der Waals surface area contributed by atoms with Crippen LogP contribution in [0.4, 0.5) is 5.69 Å². The lowest BCUT2D eigenvalue weighted by Gasteiger charge is -2.05. The minimum Gasteiger partial charge on any atom is -0.497 e. The molecule has 0 aliphatic rings. The van der Waals surface area contributed by atoms with Gasteiger partial charge in [0.05, 0.1) is 12.0 Å². The Balaban J connectivity index is 2.44. The highest BCUT2D eigenvalue weighted by Gasteiger charge is 2.11. The standard InChI is InChI=1S/C14H13NO3/c1-10-3-4-12(9-14(10)15(16)17)11-5-7-13(18-2)8-6-11/h3-9H,1-2H3. The third-order valence-electron chi connectivity index (χ3n) is 2.83. The lowest BCUT2D eigenvalue weighted by Crippen LogP contribution is -1.92. The number of hydrogen-bond acceptors (Lipinski definition) is 3. The fourth-order valence-electron chi connectivity index (χ4n) is 1.77. The molecule has 92 valence electrons. The van der Waals surface area contributed by atoms with Gasteiger partial charge in [-0.15, -0.1) is 0 Å². The zero-order valence-electron chi connectivity index (χ0n) is 10.2. The second kappa shape index (κ2) is 4.87. The maximum atomic E-state index is 10.9. The van der Waals surface area contributed by atoms with Gasteiger partial charge in [0.25, 0.3) is 5.69 Å². The van der Waals surface area contributed by atoms with Gasteiger partial charge in [-0.1, -0.05) is 24.3 Å². The smallest absolute Gasteiger partial charge is 0.272 e. The molecule has 2 rings (SSSR count). The number of hydrogen-bond donors (Lipinski definition) is 0. The summed E-state index contributed by atoms with van der Waals surface area (Å²) in [7, 11) is 1.60. The SMILES string of the molecule is COc1ccc(-c2ccc(C)c([N+](=O)[O-])c2)cc1. The van der Waals surface area contributed by atoms with Gasteiger partial charge in [-0.05, 0) is 30.2 Å². The van der Waals surface area contributed by atoms with Crippen molar-refractivity contribution in [3.8, 4) is 16.9 Å². The quantitative estimate of drug-likeness (QED) is 0.611. The number of nitro benzene ring substituents is 1. The van der Waals surface area contributed by atoms with Gasteiger partial charge in [0.1, 0.15) is 5.75 Å². The molecule has 0 amide bonds. The summed E-state index contributed by atoms with van der Waals surface area (Å²) in [5, 5.41) is 10.9. The Labute approximate surface area is 105 Å². The van der Waals surface area contributed by atoms with E-state index in [1.807, 2.05) is 30.3 Å². The monoisotopic (exact) mass is 243 g/mol. The molecule has 0 aromatic heterocycles. The third-order valence-corrected chi connectivity index (χ3v) is 2.83. The largest absolute Gasteiger partial charge is 0.497 e. The van der Waals surface area contributed by atoms with Crippen molar-refractivity contribution in [3.63, 3.8) is 0 Å². The number of benzene rings is 2. The molecular formula is C14H13NO3. The van der Waals surface area contributed by atoms with Crippen LogP contribution in [0.5, 0.6) is 5.75 Å². The molecule has 0 aliphatic carbocycles. The van der Waals surface area contributed by atoms with Crippen LogP contribution in [-0.2, 0) is 0 Å². The average molecular weight is 243 g/mol. The zero-order chi connectivity index (χ0) is 13.1. The van der Waals surface area contributed by atoms with Crippen LogP contribution in [0.2, 0.25) is 0 Å². The molecule has 0 saturated heterocycles. The Morgan fingerprint density at radius 3 is 2.22 bits per heavy atom. The Hall–Kier alpha value is -2.36. The van der Waals surface area contributed by atoms with Gasteiger partial charge in [-0.2, -0.15) is 0 Å². The fourth-order valence-corrected chi connectivity index (χ4v) is 1.77. The molecule has 0 unspecified atom stereocenters. The average Bonchev–Trinajstić information content (AvgIpc) is 2.39. The number of ether oxygens (including phenoxy) is 1. The molecular weight excluding hydrogens is 230 g/mol. The first kappa shape index (κ1) is 12.1. The van der Waals surface area contributed by atoms with Crippen LogP contribution in [0, 0.1) is 17.0 Å². The molecule has 2 aromatic rings. The minimum absolute atomic E-state index is 0.142. The highest BCUT2D eigenvalue weighted by atomic mass is 16.6. The first-order valence-electron chi connectivity index (χ1n) is 5.51. The van der Waals surface area contributed by atoms with E-state index < -0.39 is 0 Å². The van der Waals surface area contributed by atoms with Crippen LogP contribution in [0.15, 0.2) is 42.5 Å². The maximum Gasteiger partial charge on any atom is 0.272 e. The molecule has 0 heterocycles. The van der Waals surface area contributed by atoms with E-state index >= 15 is 0 Å². The summed E-state index contributed by atoms with van der Waals surface area (Å²) >= 11 is 0. The summed E-state index contributed by atoms with van der Waals surface area (Å²) < 4.78 is 5.08. The summed E-state index contributed by atoms with van der Waals surface area (Å²) in [4.78, 5) is 10.5. The zero-order valence-corrected chi connectivity index (χ0v) is 10.2. The summed E-state index contributed by atoms with van der Waals surface area (Å²) in [5.41, 5.74) is 2.56. The van der Waals surface area contributed by atoms with Gasteiger partial charge in [-0.3, -0.25) is 10.1 Å². The second-order valence-electron chi connectivity index (χ2n) is 3.99. The van der Waals surface area contributed by atoms with Crippen molar-refractivity contribution in [3.05, 3.63) is 58.1 Å². The Morgan fingerprint density at radius 1 is 1.06 bits per heavy atom. The highest BCUT2D eigenvalue weighted by Crippen LogP contribution is 2.27. The topological polar surface area (TPSA) is 52.4 Å². The number of aryl methyl sites for hydroxylation is 1. The number of methoxy groups -OCH3 is 1. The van der Waals surface area contributed by atoms with Crippen LogP contribution in [0.25, 0.3) is 11.1 Å². The van der Waals surface area contributed by atoms with Crippen molar-refractivity contribution in [2.75, 3.05) is 7.11 Å². The Bertz CT molecular complexity index is 576. The Kier molecular flexibility index (Phi) is 3.28. The van der Waals surface area contributed by atoms with E-state index in [0.717, 1.165) is 16.9 Å². The van der Waals surface area contributed by atoms with Crippen LogP contribution < -0.4 is 4.74 Å². The van der Waals surface area contributed by atoms with Crippen LogP contribution in [0.3, 0.4) is 0 Å². The summed E-state index contributed by atoms with van der Waals surface area (Å²) in [5.74, 6) is 0.764. The van der Waals surface area contributed by atoms with Gasteiger partial charge in [-0.25, -0.2) is 0 Å². The minimum atomic E-state index is -0.359. The van der Waals surface area contributed by atoms with E-state index in [-0.39, 0.29) is 10.6 Å². The molecule has 0 N–H and O–H groups in total. The van der Waals surface area contributed by atoms with E-state index in [0.29, 0.717) is 5.56 Å². The summed E-state index contributed by atoms with van der Waals surface area (Å²) in [6.45, 7) is 1.73. The Morgan fingerprint density at radius 2 is 1.67 bits per heavy atom. The van der Waals surface area contributed by atoms with E-state index in [1.54, 1.807) is 26.2 Å². The van der Waals surface area contributed by atoms with Crippen LogP contribution in [-0.4, -0.2) is 12.0 Å². The molecule has 0 radical (unpaired) electrons. The molecule has 2 aromatic carbocycles. The van der Waals surface area contributed by atoms with Gasteiger partial charge in [0, 0.05) is 11.6 Å². The van der Waals surface area contributed by atoms with E-state index in [2.05, 4.69) is 0 Å². The van der Waals surface area contributed by atoms with Gasteiger partial charge in [0.2, 0.25) is 0 Å². The molecule has 4 heteroatoms. The molecule has 0 saturated carbocycles. The number of nitro groups is 1. The highest BCUT2D eigenvalue weighted by molar-refractivity contribution is 5.67. The van der Waals surface area contributed by atoms with Crippen molar-refractivity contribution >= 4 is 5.69 Å². The first-order chi connectivity index (χ1) is 8.61.